The van der Waals surface area contributed by atoms with E-state index in [0.717, 1.165) is 0 Å². The van der Waals surface area contributed by atoms with E-state index in [1.807, 2.05) is 31.7 Å². The Morgan fingerprint density at radius 2 is 2.11 bits per heavy atom. The number of amides is 2. The lowest BCUT2D eigenvalue weighted by Gasteiger charge is -2.42. The Labute approximate surface area is 159 Å². The quantitative estimate of drug-likeness (QED) is 0.644. The molecular weight excluding hydrogens is 348 g/mol. The SMILES string of the molecule is CCN(CC(=O)O)C1CC(NC(=O)Nc2cc(C#N)ccc2OC(C)C)C1. The van der Waals surface area contributed by atoms with Gasteiger partial charge in [0.2, 0.25) is 0 Å². The average molecular weight is 374 g/mol. The summed E-state index contributed by atoms with van der Waals surface area (Å²) in [5.41, 5.74) is 0.870. The van der Waals surface area contributed by atoms with Crippen molar-refractivity contribution < 1.29 is 19.4 Å². The maximum absolute atomic E-state index is 12.3. The van der Waals surface area contributed by atoms with Crippen molar-refractivity contribution >= 4 is 17.7 Å². The molecule has 1 aliphatic rings. The minimum atomic E-state index is -0.846. The van der Waals surface area contributed by atoms with Crippen molar-refractivity contribution in [2.75, 3.05) is 18.4 Å². The molecule has 2 rings (SSSR count). The highest BCUT2D eigenvalue weighted by Gasteiger charge is 2.34. The van der Waals surface area contributed by atoms with Crippen LogP contribution in [0, 0.1) is 11.3 Å². The summed E-state index contributed by atoms with van der Waals surface area (Å²) in [5, 5.41) is 23.6. The van der Waals surface area contributed by atoms with E-state index < -0.39 is 5.97 Å². The molecule has 0 saturated heterocycles. The Balaban J connectivity index is 1.91. The highest BCUT2D eigenvalue weighted by atomic mass is 16.5. The second kappa shape index (κ2) is 9.24. The summed E-state index contributed by atoms with van der Waals surface area (Å²) in [6, 6.07) is 6.71. The number of carbonyl (C=O) groups excluding carboxylic acids is 1. The monoisotopic (exact) mass is 374 g/mol. The van der Waals surface area contributed by atoms with Crippen LogP contribution in [0.25, 0.3) is 0 Å². The molecule has 146 valence electrons. The van der Waals surface area contributed by atoms with Crippen LogP contribution in [0.3, 0.4) is 0 Å². The molecule has 2 amide bonds. The summed E-state index contributed by atoms with van der Waals surface area (Å²) in [6.07, 6.45) is 1.35. The third-order valence-electron chi connectivity index (χ3n) is 4.43. The lowest BCUT2D eigenvalue weighted by molar-refractivity contribution is -0.139. The molecule has 27 heavy (non-hydrogen) atoms. The normalized spacial score (nSPS) is 18.5. The van der Waals surface area contributed by atoms with Gasteiger partial charge in [-0.1, -0.05) is 6.92 Å². The van der Waals surface area contributed by atoms with E-state index in [4.69, 9.17) is 15.1 Å². The number of carboxylic acid groups (broad SMARTS) is 1. The van der Waals surface area contributed by atoms with Crippen molar-refractivity contribution in [1.29, 1.82) is 5.26 Å². The fourth-order valence-corrected chi connectivity index (χ4v) is 3.07. The maximum Gasteiger partial charge on any atom is 0.319 e. The highest BCUT2D eigenvalue weighted by Crippen LogP contribution is 2.28. The van der Waals surface area contributed by atoms with Crippen molar-refractivity contribution in [3.05, 3.63) is 23.8 Å². The Hall–Kier alpha value is -2.79. The third kappa shape index (κ3) is 5.86. The molecule has 0 unspecified atom stereocenters. The summed E-state index contributed by atoms with van der Waals surface area (Å²) in [6.45, 7) is 6.36. The van der Waals surface area contributed by atoms with Crippen molar-refractivity contribution in [2.45, 2.75) is 51.8 Å². The zero-order valence-electron chi connectivity index (χ0n) is 15.9. The number of nitriles is 1. The summed E-state index contributed by atoms with van der Waals surface area (Å²) in [4.78, 5) is 25.1. The molecule has 0 heterocycles. The zero-order chi connectivity index (χ0) is 20.0. The number of nitrogens with zero attached hydrogens (tertiary/aromatic N) is 2. The molecule has 0 atom stereocenters. The summed E-state index contributed by atoms with van der Waals surface area (Å²) in [7, 11) is 0. The number of carboxylic acids is 1. The molecule has 0 spiro atoms. The van der Waals surface area contributed by atoms with Gasteiger partial charge in [0.05, 0.1) is 30.0 Å². The summed E-state index contributed by atoms with van der Waals surface area (Å²) in [5.74, 6) is -0.342. The van der Waals surface area contributed by atoms with Crippen LogP contribution >= 0.6 is 0 Å². The number of ether oxygens (including phenoxy) is 1. The molecule has 1 fully saturated rings. The number of hydrogen-bond acceptors (Lipinski definition) is 5. The van der Waals surface area contributed by atoms with Gasteiger partial charge in [-0.15, -0.1) is 0 Å². The highest BCUT2D eigenvalue weighted by molar-refractivity contribution is 5.91. The van der Waals surface area contributed by atoms with Crippen LogP contribution in [0.5, 0.6) is 5.75 Å². The van der Waals surface area contributed by atoms with E-state index in [-0.39, 0.29) is 30.8 Å². The first-order valence-corrected chi connectivity index (χ1v) is 9.06. The van der Waals surface area contributed by atoms with Gasteiger partial charge in [-0.25, -0.2) is 4.79 Å². The fraction of sp³-hybridized carbons (Fsp3) is 0.526. The number of urea groups is 1. The number of rotatable bonds is 8. The molecule has 3 N–H and O–H groups in total. The van der Waals surface area contributed by atoms with Crippen LogP contribution in [-0.2, 0) is 4.79 Å². The number of benzene rings is 1. The number of carbonyl (C=O) groups is 2. The van der Waals surface area contributed by atoms with Gasteiger partial charge in [0.1, 0.15) is 5.75 Å². The molecule has 1 aromatic carbocycles. The first-order valence-electron chi connectivity index (χ1n) is 9.06. The van der Waals surface area contributed by atoms with Gasteiger partial charge < -0.3 is 20.5 Å². The van der Waals surface area contributed by atoms with E-state index in [1.165, 1.54) is 0 Å². The predicted molar refractivity (Wildman–Crippen MR) is 101 cm³/mol. The molecule has 0 radical (unpaired) electrons. The number of nitrogens with one attached hydrogen (secondary N) is 2. The second-order valence-electron chi connectivity index (χ2n) is 6.87. The van der Waals surface area contributed by atoms with Gasteiger partial charge >= 0.3 is 12.0 Å². The smallest absolute Gasteiger partial charge is 0.319 e. The van der Waals surface area contributed by atoms with Crippen LogP contribution in [0.2, 0.25) is 0 Å². The van der Waals surface area contributed by atoms with Crippen molar-refractivity contribution in [1.82, 2.24) is 10.2 Å². The molecule has 0 bridgehead atoms. The molecule has 1 aliphatic carbocycles. The predicted octanol–water partition coefficient (Wildman–Crippen LogP) is 2.40. The van der Waals surface area contributed by atoms with E-state index in [2.05, 4.69) is 10.6 Å². The fourth-order valence-electron chi connectivity index (χ4n) is 3.07. The lowest BCUT2D eigenvalue weighted by Crippen LogP contribution is -2.55. The van der Waals surface area contributed by atoms with E-state index >= 15 is 0 Å². The summed E-state index contributed by atoms with van der Waals surface area (Å²) >= 11 is 0. The van der Waals surface area contributed by atoms with Crippen LogP contribution in [0.1, 0.15) is 39.2 Å². The topological polar surface area (TPSA) is 115 Å². The van der Waals surface area contributed by atoms with Gasteiger partial charge in [0.25, 0.3) is 0 Å². The third-order valence-corrected chi connectivity index (χ3v) is 4.43. The zero-order valence-corrected chi connectivity index (χ0v) is 15.9. The van der Waals surface area contributed by atoms with Crippen molar-refractivity contribution in [2.24, 2.45) is 0 Å². The van der Waals surface area contributed by atoms with Gasteiger partial charge in [-0.05, 0) is 51.4 Å². The first-order chi connectivity index (χ1) is 12.8. The molecular formula is C19H26N4O4. The molecule has 0 aromatic heterocycles. The van der Waals surface area contributed by atoms with Crippen molar-refractivity contribution in [3.8, 4) is 11.8 Å². The Kier molecular flexibility index (Phi) is 7.02. The van der Waals surface area contributed by atoms with Gasteiger partial charge in [0, 0.05) is 12.1 Å². The van der Waals surface area contributed by atoms with Crippen molar-refractivity contribution in [3.63, 3.8) is 0 Å². The molecule has 1 saturated carbocycles. The molecule has 0 aliphatic heterocycles. The molecule has 8 nitrogen and oxygen atoms in total. The van der Waals surface area contributed by atoms with E-state index in [9.17, 15) is 9.59 Å². The van der Waals surface area contributed by atoms with Gasteiger partial charge in [-0.2, -0.15) is 5.26 Å². The average Bonchev–Trinajstić information content (AvgIpc) is 2.56. The number of aliphatic carboxylic acids is 1. The number of hydrogen-bond donors (Lipinski definition) is 3. The lowest BCUT2D eigenvalue weighted by atomic mass is 9.85. The Morgan fingerprint density at radius 3 is 2.67 bits per heavy atom. The Bertz CT molecular complexity index is 723. The first kappa shape index (κ1) is 20.5. The van der Waals surface area contributed by atoms with E-state index in [0.29, 0.717) is 36.4 Å². The standard InChI is InChI=1S/C19H26N4O4/c1-4-23(11-18(24)25)15-8-14(9-15)21-19(26)22-16-7-13(10-20)5-6-17(16)27-12(2)3/h5-7,12,14-15H,4,8-9,11H2,1-3H3,(H,24,25)(H2,21,22,26). The van der Waals surface area contributed by atoms with Crippen LogP contribution < -0.4 is 15.4 Å². The maximum atomic E-state index is 12.3. The molecule has 1 aromatic rings. The number of anilines is 1. The van der Waals surface area contributed by atoms with Gasteiger partial charge in [0.15, 0.2) is 0 Å². The van der Waals surface area contributed by atoms with Gasteiger partial charge in [-0.3, -0.25) is 9.69 Å². The van der Waals surface area contributed by atoms with Crippen LogP contribution in [0.4, 0.5) is 10.5 Å². The minimum Gasteiger partial charge on any atom is -0.489 e. The Morgan fingerprint density at radius 1 is 1.41 bits per heavy atom. The van der Waals surface area contributed by atoms with Crippen LogP contribution in [-0.4, -0.2) is 53.3 Å². The molecule has 8 heteroatoms. The van der Waals surface area contributed by atoms with E-state index in [1.54, 1.807) is 18.2 Å². The summed E-state index contributed by atoms with van der Waals surface area (Å²) < 4.78 is 5.68. The van der Waals surface area contributed by atoms with Crippen LogP contribution in [0.15, 0.2) is 18.2 Å². The second-order valence-corrected chi connectivity index (χ2v) is 6.87. The number of likely N-dealkylation sites (N-methyl/N-ethyl adjacent to an activating group) is 1. The minimum absolute atomic E-state index is 0.00791. The largest absolute Gasteiger partial charge is 0.489 e.